The summed E-state index contributed by atoms with van der Waals surface area (Å²) in [5.74, 6) is 6.98. The van der Waals surface area contributed by atoms with Gasteiger partial charge in [-0.05, 0) is 38.2 Å². The van der Waals surface area contributed by atoms with E-state index in [1.807, 2.05) is 13.0 Å². The van der Waals surface area contributed by atoms with Crippen LogP contribution in [0.2, 0.25) is 0 Å². The predicted molar refractivity (Wildman–Crippen MR) is 119 cm³/mol. The fraction of sp³-hybridized carbons (Fsp3) is 0.750. The summed E-state index contributed by atoms with van der Waals surface area (Å²) in [6, 6.07) is 2.80. The predicted octanol–water partition coefficient (Wildman–Crippen LogP) is 3.30. The van der Waals surface area contributed by atoms with Gasteiger partial charge < -0.3 is 18.9 Å². The van der Waals surface area contributed by atoms with Crippen molar-refractivity contribution in [3.63, 3.8) is 0 Å². The summed E-state index contributed by atoms with van der Waals surface area (Å²) in [6.45, 7) is 4.06. The average molecular weight is 417 g/mol. The van der Waals surface area contributed by atoms with E-state index in [1.165, 1.54) is 0 Å². The lowest BCUT2D eigenvalue weighted by Gasteiger charge is -2.37. The van der Waals surface area contributed by atoms with Crippen molar-refractivity contribution in [2.75, 3.05) is 28.4 Å². The van der Waals surface area contributed by atoms with E-state index < -0.39 is 0 Å². The van der Waals surface area contributed by atoms with Crippen LogP contribution in [0.5, 0.6) is 0 Å². The quantitative estimate of drug-likeness (QED) is 0.379. The van der Waals surface area contributed by atoms with Gasteiger partial charge in [-0.15, -0.1) is 0 Å². The van der Waals surface area contributed by atoms with Crippen LogP contribution < -0.4 is 0 Å². The summed E-state index contributed by atoms with van der Waals surface area (Å²) < 4.78 is 22.7. The molecule has 6 nitrogen and oxygen atoms in total. The van der Waals surface area contributed by atoms with Crippen LogP contribution in [-0.4, -0.2) is 71.0 Å². The first-order valence-electron chi connectivity index (χ1n) is 10.7. The van der Waals surface area contributed by atoms with Gasteiger partial charge in [0.25, 0.3) is 0 Å². The maximum Gasteiger partial charge on any atom is 0.0887 e. The standard InChI is InChI=1S/C24H36N2O4/c1-7-25-12-10-19-15-24(30-6)20(16-23(19)29-5)26-11-8-9-18-14-21(27-3)17(2)13-22(18)28-4/h7,9,17-24H,13-16H2,1-6H3. The van der Waals surface area contributed by atoms with Gasteiger partial charge in [0.2, 0.25) is 0 Å². The van der Waals surface area contributed by atoms with Crippen LogP contribution in [0.15, 0.2) is 21.8 Å². The molecule has 8 unspecified atom stereocenters. The van der Waals surface area contributed by atoms with Gasteiger partial charge in [0.15, 0.2) is 0 Å². The van der Waals surface area contributed by atoms with E-state index >= 15 is 0 Å². The Bertz CT molecular complexity index is 712. The highest BCUT2D eigenvalue weighted by molar-refractivity contribution is 5.55. The summed E-state index contributed by atoms with van der Waals surface area (Å²) in [5.41, 5.74) is 3.14. The molecule has 30 heavy (non-hydrogen) atoms. The number of ether oxygens (including phenoxy) is 4. The molecule has 0 aromatic rings. The van der Waals surface area contributed by atoms with Gasteiger partial charge in [0, 0.05) is 58.9 Å². The highest BCUT2D eigenvalue weighted by Gasteiger charge is 2.37. The van der Waals surface area contributed by atoms with E-state index in [4.69, 9.17) is 18.9 Å². The lowest BCUT2D eigenvalue weighted by Crippen LogP contribution is -2.42. The SMILES string of the molecule is CC=NC#CC1CC(OC)C(N=C=C=CC2CC(OC)C(C)CC2OC)CC1OC. The van der Waals surface area contributed by atoms with E-state index in [9.17, 15) is 0 Å². The molecule has 2 aliphatic rings. The summed E-state index contributed by atoms with van der Waals surface area (Å²) in [5, 5.41) is 0. The molecule has 2 rings (SSSR count). The average Bonchev–Trinajstić information content (AvgIpc) is 2.77. The minimum atomic E-state index is -0.0371. The highest BCUT2D eigenvalue weighted by atomic mass is 16.5. The molecule has 8 atom stereocenters. The first kappa shape index (κ1) is 24.6. The Labute approximate surface area is 181 Å². The van der Waals surface area contributed by atoms with Gasteiger partial charge in [-0.3, -0.25) is 0 Å². The highest BCUT2D eigenvalue weighted by Crippen LogP contribution is 2.33. The molecule has 0 heterocycles. The molecule has 2 saturated carbocycles. The number of methoxy groups -OCH3 is 4. The molecule has 0 amide bonds. The van der Waals surface area contributed by atoms with Gasteiger partial charge >= 0.3 is 0 Å². The molecule has 166 valence electrons. The Kier molecular flexibility index (Phi) is 10.5. The van der Waals surface area contributed by atoms with Crippen LogP contribution in [0, 0.1) is 29.7 Å². The fourth-order valence-corrected chi connectivity index (χ4v) is 4.48. The van der Waals surface area contributed by atoms with Gasteiger partial charge in [-0.2, -0.15) is 0 Å². The molecule has 2 fully saturated rings. The summed E-state index contributed by atoms with van der Waals surface area (Å²) in [4.78, 5) is 8.59. The van der Waals surface area contributed by atoms with E-state index in [1.54, 1.807) is 34.7 Å². The zero-order chi connectivity index (χ0) is 21.9. The van der Waals surface area contributed by atoms with Gasteiger partial charge in [-0.1, -0.05) is 18.6 Å². The number of aliphatic imine (C=N–C) groups is 2. The Morgan fingerprint density at radius 1 is 0.833 bits per heavy atom. The van der Waals surface area contributed by atoms with Gasteiger partial charge in [0.05, 0.1) is 36.4 Å². The zero-order valence-electron chi connectivity index (χ0n) is 19.1. The maximum absolute atomic E-state index is 5.69. The van der Waals surface area contributed by atoms with Crippen molar-refractivity contribution in [1.29, 1.82) is 0 Å². The van der Waals surface area contributed by atoms with E-state index in [2.05, 4.69) is 40.5 Å². The molecular formula is C24H36N2O4. The number of nitrogens with zero attached hydrogens (tertiary/aromatic N) is 2. The Morgan fingerprint density at radius 3 is 2.17 bits per heavy atom. The second kappa shape index (κ2) is 12.9. The first-order valence-corrected chi connectivity index (χ1v) is 10.7. The summed E-state index contributed by atoms with van der Waals surface area (Å²) in [7, 11) is 6.97. The lowest BCUT2D eigenvalue weighted by molar-refractivity contribution is -0.0499. The fourth-order valence-electron chi connectivity index (χ4n) is 4.48. The Morgan fingerprint density at radius 2 is 1.53 bits per heavy atom. The molecule has 0 saturated heterocycles. The topological polar surface area (TPSA) is 61.6 Å². The molecule has 2 aliphatic carbocycles. The second-order valence-corrected chi connectivity index (χ2v) is 8.05. The zero-order valence-corrected chi connectivity index (χ0v) is 19.1. The van der Waals surface area contributed by atoms with Crippen molar-refractivity contribution >= 4 is 12.1 Å². The molecule has 0 N–H and O–H groups in total. The summed E-state index contributed by atoms with van der Waals surface area (Å²) in [6.07, 6.45) is 7.46. The molecule has 6 heteroatoms. The van der Waals surface area contributed by atoms with Crippen molar-refractivity contribution in [2.45, 2.75) is 70.0 Å². The number of hydrogen-bond donors (Lipinski definition) is 0. The Balaban J connectivity index is 2.11. The van der Waals surface area contributed by atoms with Crippen molar-refractivity contribution < 1.29 is 18.9 Å². The first-order chi connectivity index (χ1) is 14.6. The maximum atomic E-state index is 5.69. The minimum absolute atomic E-state index is 0.00403. The molecule has 0 aliphatic heterocycles. The molecule has 0 aromatic heterocycles. The van der Waals surface area contributed by atoms with Crippen LogP contribution in [-0.2, 0) is 18.9 Å². The molecule has 0 aromatic carbocycles. The van der Waals surface area contributed by atoms with E-state index in [-0.39, 0.29) is 42.3 Å². The third kappa shape index (κ3) is 6.65. The second-order valence-electron chi connectivity index (χ2n) is 8.05. The summed E-state index contributed by atoms with van der Waals surface area (Å²) >= 11 is 0. The lowest BCUT2D eigenvalue weighted by atomic mass is 9.78. The van der Waals surface area contributed by atoms with E-state index in [0.29, 0.717) is 5.92 Å². The van der Waals surface area contributed by atoms with Crippen LogP contribution in [0.3, 0.4) is 0 Å². The van der Waals surface area contributed by atoms with Crippen LogP contribution in [0.1, 0.15) is 39.5 Å². The van der Waals surface area contributed by atoms with Crippen LogP contribution >= 0.6 is 0 Å². The number of hydrogen-bond acceptors (Lipinski definition) is 6. The third-order valence-corrected chi connectivity index (χ3v) is 6.31. The van der Waals surface area contributed by atoms with Gasteiger partial charge in [-0.25, -0.2) is 9.98 Å². The van der Waals surface area contributed by atoms with Crippen molar-refractivity contribution in [2.24, 2.45) is 27.7 Å². The van der Waals surface area contributed by atoms with Gasteiger partial charge in [0.1, 0.15) is 0 Å². The molecular weight excluding hydrogens is 380 g/mol. The largest absolute Gasteiger partial charge is 0.381 e. The van der Waals surface area contributed by atoms with Crippen molar-refractivity contribution in [3.05, 3.63) is 11.8 Å². The van der Waals surface area contributed by atoms with Crippen LogP contribution in [0.4, 0.5) is 0 Å². The molecule has 0 bridgehead atoms. The minimum Gasteiger partial charge on any atom is -0.381 e. The van der Waals surface area contributed by atoms with Crippen LogP contribution in [0.25, 0.3) is 0 Å². The smallest absolute Gasteiger partial charge is 0.0887 e. The Hall–Kier alpha value is -1.70. The van der Waals surface area contributed by atoms with E-state index in [0.717, 1.165) is 25.7 Å². The monoisotopic (exact) mass is 416 g/mol. The normalized spacial score (nSPS) is 36.3. The van der Waals surface area contributed by atoms with Crippen molar-refractivity contribution in [1.82, 2.24) is 0 Å². The number of rotatable bonds is 6. The molecule has 0 radical (unpaired) electrons. The molecule has 0 spiro atoms. The third-order valence-electron chi connectivity index (χ3n) is 6.31. The van der Waals surface area contributed by atoms with Crippen molar-refractivity contribution in [3.8, 4) is 12.0 Å².